The van der Waals surface area contributed by atoms with Crippen molar-refractivity contribution in [2.75, 3.05) is 19.7 Å². The maximum Gasteiger partial charge on any atom is 0.260 e. The number of amides is 1. The molecule has 0 bridgehead atoms. The molecular formula is C18H23N3O3. The Morgan fingerprint density at radius 2 is 2.04 bits per heavy atom. The van der Waals surface area contributed by atoms with E-state index in [1.54, 1.807) is 6.92 Å². The lowest BCUT2D eigenvalue weighted by Crippen LogP contribution is -2.41. The van der Waals surface area contributed by atoms with Crippen molar-refractivity contribution in [2.45, 2.75) is 39.5 Å². The van der Waals surface area contributed by atoms with Gasteiger partial charge >= 0.3 is 0 Å². The number of rotatable bonds is 4. The molecule has 2 aromatic rings. The summed E-state index contributed by atoms with van der Waals surface area (Å²) in [6, 6.07) is 5.97. The maximum absolute atomic E-state index is 12.5. The molecule has 1 amide bonds. The molecule has 24 heavy (non-hydrogen) atoms. The molecule has 1 aromatic heterocycles. The van der Waals surface area contributed by atoms with Gasteiger partial charge in [-0.05, 0) is 56.9 Å². The first-order chi connectivity index (χ1) is 11.5. The van der Waals surface area contributed by atoms with Gasteiger partial charge in [-0.2, -0.15) is 4.98 Å². The average Bonchev–Trinajstić information content (AvgIpc) is 2.98. The molecule has 1 aromatic carbocycles. The summed E-state index contributed by atoms with van der Waals surface area (Å²) >= 11 is 0. The molecule has 0 radical (unpaired) electrons. The van der Waals surface area contributed by atoms with E-state index in [-0.39, 0.29) is 18.4 Å². The minimum Gasteiger partial charge on any atom is -0.484 e. The van der Waals surface area contributed by atoms with Crippen LogP contribution in [0.1, 0.15) is 41.6 Å². The standard InChI is InChI=1S/C18H23N3O3/c1-12-7-13(2)9-16(8-12)23-11-17(22)21-6-4-5-15(10-21)18-19-14(3)20-24-18/h7-9,15H,4-6,10-11H2,1-3H3/t15-/m1/s1. The van der Waals surface area contributed by atoms with E-state index in [2.05, 4.69) is 16.2 Å². The fraction of sp³-hybridized carbons (Fsp3) is 0.500. The Bertz CT molecular complexity index is 706. The Hall–Kier alpha value is -2.37. The van der Waals surface area contributed by atoms with Crippen LogP contribution in [0.25, 0.3) is 0 Å². The van der Waals surface area contributed by atoms with Gasteiger partial charge in [0, 0.05) is 13.1 Å². The van der Waals surface area contributed by atoms with Crippen LogP contribution in [-0.4, -0.2) is 40.6 Å². The Morgan fingerprint density at radius 3 is 2.71 bits per heavy atom. The van der Waals surface area contributed by atoms with Crippen molar-refractivity contribution in [1.29, 1.82) is 0 Å². The smallest absolute Gasteiger partial charge is 0.260 e. The molecule has 0 N–H and O–H groups in total. The van der Waals surface area contributed by atoms with Gasteiger partial charge in [0.05, 0.1) is 5.92 Å². The van der Waals surface area contributed by atoms with E-state index in [0.717, 1.165) is 36.3 Å². The van der Waals surface area contributed by atoms with Crippen molar-refractivity contribution < 1.29 is 14.1 Å². The van der Waals surface area contributed by atoms with Gasteiger partial charge in [-0.3, -0.25) is 4.79 Å². The number of aryl methyl sites for hydroxylation is 3. The molecule has 0 unspecified atom stereocenters. The molecule has 0 saturated carbocycles. The number of hydrogen-bond donors (Lipinski definition) is 0. The van der Waals surface area contributed by atoms with Crippen molar-refractivity contribution in [3.8, 4) is 5.75 Å². The molecule has 0 spiro atoms. The zero-order valence-electron chi connectivity index (χ0n) is 14.4. The zero-order chi connectivity index (χ0) is 17.1. The second kappa shape index (κ2) is 7.03. The lowest BCUT2D eigenvalue weighted by Gasteiger charge is -2.31. The summed E-state index contributed by atoms with van der Waals surface area (Å²) in [7, 11) is 0. The van der Waals surface area contributed by atoms with Crippen molar-refractivity contribution in [3.63, 3.8) is 0 Å². The van der Waals surface area contributed by atoms with E-state index in [1.165, 1.54) is 0 Å². The second-order valence-electron chi connectivity index (χ2n) is 6.47. The number of hydrogen-bond acceptors (Lipinski definition) is 5. The van der Waals surface area contributed by atoms with Gasteiger partial charge in [0.25, 0.3) is 5.91 Å². The van der Waals surface area contributed by atoms with Gasteiger partial charge in [0.2, 0.25) is 5.89 Å². The van der Waals surface area contributed by atoms with Crippen molar-refractivity contribution in [1.82, 2.24) is 15.0 Å². The van der Waals surface area contributed by atoms with Crippen LogP contribution in [0.2, 0.25) is 0 Å². The van der Waals surface area contributed by atoms with Crippen molar-refractivity contribution in [3.05, 3.63) is 41.0 Å². The molecule has 128 valence electrons. The second-order valence-corrected chi connectivity index (χ2v) is 6.47. The Morgan fingerprint density at radius 1 is 1.29 bits per heavy atom. The van der Waals surface area contributed by atoms with Gasteiger partial charge < -0.3 is 14.2 Å². The topological polar surface area (TPSA) is 68.5 Å². The van der Waals surface area contributed by atoms with Gasteiger partial charge in [0.1, 0.15) is 5.75 Å². The van der Waals surface area contributed by atoms with Crippen LogP contribution in [0.5, 0.6) is 5.75 Å². The van der Waals surface area contributed by atoms with Crippen LogP contribution in [-0.2, 0) is 4.79 Å². The van der Waals surface area contributed by atoms with Crippen LogP contribution in [0, 0.1) is 20.8 Å². The Kier molecular flexibility index (Phi) is 4.83. The third-order valence-corrected chi connectivity index (χ3v) is 4.22. The minimum atomic E-state index is -0.00454. The lowest BCUT2D eigenvalue weighted by molar-refractivity contribution is -0.134. The average molecular weight is 329 g/mol. The first-order valence-electron chi connectivity index (χ1n) is 8.30. The molecule has 6 nitrogen and oxygen atoms in total. The van der Waals surface area contributed by atoms with E-state index in [0.29, 0.717) is 18.3 Å². The quantitative estimate of drug-likeness (QED) is 0.863. The summed E-state index contributed by atoms with van der Waals surface area (Å²) in [6.07, 6.45) is 1.89. The van der Waals surface area contributed by atoms with Crippen molar-refractivity contribution in [2.24, 2.45) is 0 Å². The van der Waals surface area contributed by atoms with Crippen molar-refractivity contribution >= 4 is 5.91 Å². The molecular weight excluding hydrogens is 306 g/mol. The molecule has 1 aliphatic heterocycles. The van der Waals surface area contributed by atoms with Crippen LogP contribution in [0.4, 0.5) is 0 Å². The van der Waals surface area contributed by atoms with Crippen LogP contribution < -0.4 is 4.74 Å². The van der Waals surface area contributed by atoms with E-state index in [9.17, 15) is 4.79 Å². The largest absolute Gasteiger partial charge is 0.484 e. The van der Waals surface area contributed by atoms with E-state index >= 15 is 0 Å². The third kappa shape index (κ3) is 3.93. The fourth-order valence-corrected chi connectivity index (χ4v) is 3.14. The molecule has 1 aliphatic rings. The molecule has 0 aliphatic carbocycles. The summed E-state index contributed by atoms with van der Waals surface area (Å²) in [4.78, 5) is 18.6. The predicted octanol–water partition coefficient (Wildman–Crippen LogP) is 2.78. The number of aromatic nitrogens is 2. The number of carbonyl (C=O) groups is 1. The first-order valence-corrected chi connectivity index (χ1v) is 8.30. The fourth-order valence-electron chi connectivity index (χ4n) is 3.14. The van der Waals surface area contributed by atoms with Gasteiger partial charge in [-0.1, -0.05) is 11.2 Å². The van der Waals surface area contributed by atoms with Gasteiger partial charge in [0.15, 0.2) is 12.4 Å². The third-order valence-electron chi connectivity index (χ3n) is 4.22. The van der Waals surface area contributed by atoms with Gasteiger partial charge in [-0.15, -0.1) is 0 Å². The number of carbonyl (C=O) groups excluding carboxylic acids is 1. The lowest BCUT2D eigenvalue weighted by atomic mass is 9.98. The van der Waals surface area contributed by atoms with E-state index < -0.39 is 0 Å². The SMILES string of the molecule is Cc1cc(C)cc(OCC(=O)N2CCC[C@@H](c3nc(C)no3)C2)c1. The molecule has 2 heterocycles. The molecule has 1 saturated heterocycles. The number of nitrogens with zero attached hydrogens (tertiary/aromatic N) is 3. The summed E-state index contributed by atoms with van der Waals surface area (Å²) in [5.41, 5.74) is 2.25. The number of ether oxygens (including phenoxy) is 1. The first kappa shape index (κ1) is 16.5. The summed E-state index contributed by atoms with van der Waals surface area (Å²) in [5.74, 6) is 2.11. The molecule has 1 atom stereocenters. The highest BCUT2D eigenvalue weighted by Crippen LogP contribution is 2.26. The summed E-state index contributed by atoms with van der Waals surface area (Å²) in [6.45, 7) is 7.25. The Balaban J connectivity index is 1.58. The number of piperidine rings is 1. The molecule has 6 heteroatoms. The van der Waals surface area contributed by atoms with Gasteiger partial charge in [-0.25, -0.2) is 0 Å². The summed E-state index contributed by atoms with van der Waals surface area (Å²) < 4.78 is 10.9. The van der Waals surface area contributed by atoms with Crippen LogP contribution >= 0.6 is 0 Å². The number of benzene rings is 1. The zero-order valence-corrected chi connectivity index (χ0v) is 14.4. The maximum atomic E-state index is 12.5. The highest BCUT2D eigenvalue weighted by atomic mass is 16.5. The monoisotopic (exact) mass is 329 g/mol. The number of likely N-dealkylation sites (tertiary alicyclic amines) is 1. The van der Waals surface area contributed by atoms with E-state index in [1.807, 2.05) is 30.9 Å². The minimum absolute atomic E-state index is 0.00454. The van der Waals surface area contributed by atoms with Crippen LogP contribution in [0.15, 0.2) is 22.7 Å². The Labute approximate surface area is 141 Å². The highest BCUT2D eigenvalue weighted by molar-refractivity contribution is 5.78. The van der Waals surface area contributed by atoms with Crippen LogP contribution in [0.3, 0.4) is 0 Å². The summed E-state index contributed by atoms with van der Waals surface area (Å²) in [5, 5.41) is 3.84. The van der Waals surface area contributed by atoms with E-state index in [4.69, 9.17) is 9.26 Å². The molecule has 1 fully saturated rings. The highest BCUT2D eigenvalue weighted by Gasteiger charge is 2.28. The molecule has 3 rings (SSSR count). The predicted molar refractivity (Wildman–Crippen MR) is 89.0 cm³/mol. The normalized spacial score (nSPS) is 17.8.